The van der Waals surface area contributed by atoms with Crippen LogP contribution in [0.5, 0.6) is 5.75 Å². The van der Waals surface area contributed by atoms with Crippen LogP contribution in [0.4, 0.5) is 5.69 Å². The molecule has 0 aliphatic heterocycles. The molecule has 0 amide bonds. The zero-order chi connectivity index (χ0) is 19.3. The first kappa shape index (κ1) is 20.0. The first-order valence-electron chi connectivity index (χ1n) is 9.19. The molecule has 0 radical (unpaired) electrons. The van der Waals surface area contributed by atoms with E-state index in [2.05, 4.69) is 57.3 Å². The van der Waals surface area contributed by atoms with Gasteiger partial charge in [0, 0.05) is 12.1 Å². The molecule has 0 aromatic heterocycles. The lowest BCUT2D eigenvalue weighted by Crippen LogP contribution is -2.20. The van der Waals surface area contributed by atoms with E-state index in [1.807, 2.05) is 26.0 Å². The van der Waals surface area contributed by atoms with Gasteiger partial charge in [0.1, 0.15) is 12.4 Å². The molecule has 2 aromatic rings. The highest BCUT2D eigenvalue weighted by Gasteiger charge is 2.16. The first-order chi connectivity index (χ1) is 12.1. The van der Waals surface area contributed by atoms with Gasteiger partial charge in [-0.15, -0.1) is 0 Å². The van der Waals surface area contributed by atoms with Crippen LogP contribution in [-0.4, -0.2) is 12.3 Å². The van der Waals surface area contributed by atoms with Crippen molar-refractivity contribution in [3.63, 3.8) is 0 Å². The maximum Gasteiger partial charge on any atom is 0.152 e. The second-order valence-corrected chi connectivity index (χ2v) is 8.34. The highest BCUT2D eigenvalue weighted by atomic mass is 16.5. The smallest absolute Gasteiger partial charge is 0.152 e. The van der Waals surface area contributed by atoms with Crippen LogP contribution in [0.15, 0.2) is 36.4 Å². The first-order valence-corrected chi connectivity index (χ1v) is 9.19. The van der Waals surface area contributed by atoms with Crippen LogP contribution in [0.2, 0.25) is 0 Å². The van der Waals surface area contributed by atoms with Gasteiger partial charge in [-0.1, -0.05) is 50.6 Å². The zero-order valence-corrected chi connectivity index (χ0v) is 16.9. The molecule has 26 heavy (non-hydrogen) atoms. The summed E-state index contributed by atoms with van der Waals surface area (Å²) in [5.74, 6) is 1.09. The molecule has 0 fully saturated rings. The lowest BCUT2D eigenvalue weighted by atomic mass is 9.90. The van der Waals surface area contributed by atoms with Crippen molar-refractivity contribution in [3.8, 4) is 5.75 Å². The molecule has 0 aliphatic carbocycles. The second kappa shape index (κ2) is 8.39. The summed E-state index contributed by atoms with van der Waals surface area (Å²) in [6.45, 7) is 13.3. The van der Waals surface area contributed by atoms with Crippen LogP contribution < -0.4 is 10.1 Å². The van der Waals surface area contributed by atoms with Crippen LogP contribution in [-0.2, 0) is 11.4 Å². The van der Waals surface area contributed by atoms with E-state index in [1.54, 1.807) is 0 Å². The predicted octanol–water partition coefficient (Wildman–Crippen LogP) is 5.61. The predicted molar refractivity (Wildman–Crippen MR) is 109 cm³/mol. The third-order valence-corrected chi connectivity index (χ3v) is 4.22. The molecule has 0 saturated heterocycles. The van der Waals surface area contributed by atoms with Crippen molar-refractivity contribution < 1.29 is 9.53 Å². The van der Waals surface area contributed by atoms with Gasteiger partial charge < -0.3 is 10.1 Å². The van der Waals surface area contributed by atoms with Gasteiger partial charge in [0.2, 0.25) is 0 Å². The van der Waals surface area contributed by atoms with Crippen molar-refractivity contribution in [2.24, 2.45) is 5.41 Å². The van der Waals surface area contributed by atoms with E-state index >= 15 is 0 Å². The number of carbonyl (C=O) groups is 1. The Morgan fingerprint density at radius 2 is 1.58 bits per heavy atom. The largest absolute Gasteiger partial charge is 0.489 e. The fourth-order valence-electron chi connectivity index (χ4n) is 2.98. The van der Waals surface area contributed by atoms with E-state index < -0.39 is 0 Å². The van der Waals surface area contributed by atoms with E-state index in [0.29, 0.717) is 19.6 Å². The number of aryl methyl sites for hydroxylation is 3. The third kappa shape index (κ3) is 6.21. The quantitative estimate of drug-likeness (QED) is 0.703. The van der Waals surface area contributed by atoms with Crippen molar-refractivity contribution in [1.82, 2.24) is 0 Å². The minimum Gasteiger partial charge on any atom is -0.489 e. The number of ether oxygens (including phenoxy) is 1. The Morgan fingerprint density at radius 1 is 1.00 bits per heavy atom. The summed E-state index contributed by atoms with van der Waals surface area (Å²) in [6.07, 6.45) is 0.579. The summed E-state index contributed by atoms with van der Waals surface area (Å²) >= 11 is 0. The Labute approximate surface area is 157 Å². The van der Waals surface area contributed by atoms with Gasteiger partial charge in [0.25, 0.3) is 0 Å². The molecule has 1 N–H and O–H groups in total. The fraction of sp³-hybridized carbons (Fsp3) is 0.435. The summed E-state index contributed by atoms with van der Waals surface area (Å²) < 4.78 is 5.95. The normalized spacial score (nSPS) is 11.3. The van der Waals surface area contributed by atoms with E-state index in [4.69, 9.17) is 4.74 Å². The third-order valence-electron chi connectivity index (χ3n) is 4.22. The molecule has 0 aliphatic rings. The number of nitrogens with one attached hydrogen (secondary N) is 1. The Balaban J connectivity index is 1.98. The Hall–Kier alpha value is -2.29. The van der Waals surface area contributed by atoms with Crippen LogP contribution in [0.3, 0.4) is 0 Å². The van der Waals surface area contributed by atoms with Crippen LogP contribution in [0.25, 0.3) is 0 Å². The van der Waals surface area contributed by atoms with E-state index in [0.717, 1.165) is 28.1 Å². The van der Waals surface area contributed by atoms with Crippen LogP contribution >= 0.6 is 0 Å². The molecule has 0 spiro atoms. The lowest BCUT2D eigenvalue weighted by Gasteiger charge is -2.19. The van der Waals surface area contributed by atoms with Gasteiger partial charge in [-0.25, -0.2) is 0 Å². The van der Waals surface area contributed by atoms with Crippen LogP contribution in [0.1, 0.15) is 49.4 Å². The average molecular weight is 354 g/mol. The molecule has 140 valence electrons. The minimum atomic E-state index is 0.0243. The molecule has 0 atom stereocenters. The number of rotatable bonds is 7. The molecule has 0 heterocycles. The molecule has 0 saturated carbocycles. The molecular weight excluding hydrogens is 322 g/mol. The fourth-order valence-corrected chi connectivity index (χ4v) is 2.98. The molecule has 2 aromatic carbocycles. The van der Waals surface area contributed by atoms with Crippen molar-refractivity contribution in [3.05, 3.63) is 58.7 Å². The van der Waals surface area contributed by atoms with E-state index in [9.17, 15) is 4.79 Å². The lowest BCUT2D eigenvalue weighted by molar-refractivity contribution is -0.119. The summed E-state index contributed by atoms with van der Waals surface area (Å²) in [7, 11) is 0. The molecule has 0 bridgehead atoms. The van der Waals surface area contributed by atoms with Crippen molar-refractivity contribution in [1.29, 1.82) is 0 Å². The summed E-state index contributed by atoms with van der Waals surface area (Å²) in [6, 6.07) is 12.4. The molecule has 3 heteroatoms. The number of carbonyl (C=O) groups excluding carboxylic acids is 1. The maximum absolute atomic E-state index is 12.1. The monoisotopic (exact) mass is 353 g/mol. The number of ketones is 1. The highest BCUT2D eigenvalue weighted by molar-refractivity contribution is 5.84. The molecule has 0 unspecified atom stereocenters. The van der Waals surface area contributed by atoms with Gasteiger partial charge in [-0.2, -0.15) is 0 Å². The van der Waals surface area contributed by atoms with Crippen molar-refractivity contribution in [2.45, 2.75) is 54.6 Å². The molecular formula is C23H31NO2. The summed E-state index contributed by atoms with van der Waals surface area (Å²) in [5.41, 5.74) is 5.63. The van der Waals surface area contributed by atoms with Crippen LogP contribution in [0, 0.1) is 26.2 Å². The van der Waals surface area contributed by atoms with Gasteiger partial charge >= 0.3 is 0 Å². The number of Topliss-reactive ketones (excluding diaryl/α,β-unsaturated/α-hetero) is 1. The van der Waals surface area contributed by atoms with Gasteiger partial charge in [0.05, 0.1) is 6.54 Å². The number of hydrogen-bond acceptors (Lipinski definition) is 3. The molecule has 2 rings (SSSR count). The Bertz CT molecular complexity index is 732. The SMILES string of the molecule is Cc1ccc(COc2cc(C)c(NCC(=O)CC(C)(C)C)c(C)c2)cc1. The Kier molecular flexibility index (Phi) is 6.47. The molecule has 3 nitrogen and oxygen atoms in total. The zero-order valence-electron chi connectivity index (χ0n) is 16.9. The second-order valence-electron chi connectivity index (χ2n) is 8.34. The number of anilines is 1. The standard InChI is InChI=1S/C23H31NO2/c1-16-7-9-19(10-8-16)15-26-21-11-17(2)22(18(3)12-21)24-14-20(25)13-23(4,5)6/h7-12,24H,13-15H2,1-6H3. The average Bonchev–Trinajstić information content (AvgIpc) is 2.52. The van der Waals surface area contributed by atoms with Gasteiger partial charge in [-0.05, 0) is 55.0 Å². The van der Waals surface area contributed by atoms with Crippen molar-refractivity contribution >= 4 is 11.5 Å². The van der Waals surface area contributed by atoms with Gasteiger partial charge in [-0.3, -0.25) is 4.79 Å². The number of benzene rings is 2. The van der Waals surface area contributed by atoms with Crippen molar-refractivity contribution in [2.75, 3.05) is 11.9 Å². The maximum atomic E-state index is 12.1. The highest BCUT2D eigenvalue weighted by Crippen LogP contribution is 2.27. The topological polar surface area (TPSA) is 38.3 Å². The van der Waals surface area contributed by atoms with E-state index in [-0.39, 0.29) is 11.2 Å². The van der Waals surface area contributed by atoms with Gasteiger partial charge in [0.15, 0.2) is 5.78 Å². The summed E-state index contributed by atoms with van der Waals surface area (Å²) in [5, 5.41) is 3.31. The van der Waals surface area contributed by atoms with E-state index in [1.165, 1.54) is 5.56 Å². The number of hydrogen-bond donors (Lipinski definition) is 1. The summed E-state index contributed by atoms with van der Waals surface area (Å²) in [4.78, 5) is 12.1. The Morgan fingerprint density at radius 3 is 2.12 bits per heavy atom. The minimum absolute atomic E-state index is 0.0243.